The molecule has 1 aliphatic heterocycles. The third-order valence-electron chi connectivity index (χ3n) is 3.23. The zero-order chi connectivity index (χ0) is 14.9. The maximum absolute atomic E-state index is 12.6. The Kier molecular flexibility index (Phi) is 4.31. The predicted molar refractivity (Wildman–Crippen MR) is 74.9 cm³/mol. The fourth-order valence-electron chi connectivity index (χ4n) is 2.25. The highest BCUT2D eigenvalue weighted by atomic mass is 35.5. The van der Waals surface area contributed by atoms with Gasteiger partial charge in [0, 0.05) is 26.8 Å². The zero-order valence-electron chi connectivity index (χ0n) is 11.3. The molecule has 0 saturated carbocycles. The summed E-state index contributed by atoms with van der Waals surface area (Å²) in [6.07, 6.45) is 2.55. The van der Waals surface area contributed by atoms with Gasteiger partial charge in [-0.2, -0.15) is 4.31 Å². The number of halogens is 1. The van der Waals surface area contributed by atoms with Crippen molar-refractivity contribution in [1.29, 1.82) is 0 Å². The normalized spacial score (nSPS) is 20.1. The van der Waals surface area contributed by atoms with E-state index in [1.54, 1.807) is 14.1 Å². The van der Waals surface area contributed by atoms with Crippen molar-refractivity contribution in [2.45, 2.75) is 23.8 Å². The van der Waals surface area contributed by atoms with Crippen molar-refractivity contribution in [1.82, 2.24) is 14.2 Å². The van der Waals surface area contributed by atoms with Crippen molar-refractivity contribution in [2.24, 2.45) is 0 Å². The van der Waals surface area contributed by atoms with Crippen molar-refractivity contribution in [2.75, 3.05) is 20.6 Å². The molecule has 1 amide bonds. The van der Waals surface area contributed by atoms with Gasteiger partial charge >= 0.3 is 0 Å². The van der Waals surface area contributed by atoms with Gasteiger partial charge in [0.15, 0.2) is 0 Å². The Labute approximate surface area is 123 Å². The Hall–Kier alpha value is -1.18. The Balaban J connectivity index is 2.36. The molecule has 0 radical (unpaired) electrons. The maximum Gasteiger partial charge on any atom is 0.243 e. The van der Waals surface area contributed by atoms with Crippen LogP contribution in [-0.4, -0.2) is 55.2 Å². The van der Waals surface area contributed by atoms with E-state index in [0.717, 1.165) is 0 Å². The van der Waals surface area contributed by atoms with Crippen molar-refractivity contribution < 1.29 is 13.2 Å². The number of likely N-dealkylation sites (N-methyl/N-ethyl adjacent to an activating group) is 1. The molecular formula is C12H16ClN3O3S. The second-order valence-corrected chi connectivity index (χ2v) is 7.10. The summed E-state index contributed by atoms with van der Waals surface area (Å²) < 4.78 is 26.4. The minimum atomic E-state index is -3.73. The van der Waals surface area contributed by atoms with E-state index in [4.69, 9.17) is 11.6 Å². The van der Waals surface area contributed by atoms with Gasteiger partial charge < -0.3 is 4.90 Å². The first kappa shape index (κ1) is 15.2. The summed E-state index contributed by atoms with van der Waals surface area (Å²) in [7, 11) is -0.488. The van der Waals surface area contributed by atoms with Gasteiger partial charge in [0.1, 0.15) is 11.2 Å². The van der Waals surface area contributed by atoms with Crippen molar-refractivity contribution in [3.8, 4) is 0 Å². The summed E-state index contributed by atoms with van der Waals surface area (Å²) >= 11 is 5.74. The van der Waals surface area contributed by atoms with Crippen LogP contribution in [0.5, 0.6) is 0 Å². The van der Waals surface area contributed by atoms with Gasteiger partial charge in [0.2, 0.25) is 15.9 Å². The lowest BCUT2D eigenvalue weighted by atomic mass is 10.2. The molecule has 1 aliphatic rings. The molecule has 20 heavy (non-hydrogen) atoms. The Morgan fingerprint density at radius 1 is 1.50 bits per heavy atom. The molecule has 0 spiro atoms. The van der Waals surface area contributed by atoms with Gasteiger partial charge in [-0.25, -0.2) is 13.4 Å². The number of sulfonamides is 1. The molecule has 2 heterocycles. The summed E-state index contributed by atoms with van der Waals surface area (Å²) in [5, 5.41) is 0.112. The molecule has 2 rings (SSSR count). The Morgan fingerprint density at radius 2 is 2.20 bits per heavy atom. The third kappa shape index (κ3) is 2.79. The van der Waals surface area contributed by atoms with E-state index < -0.39 is 16.1 Å². The summed E-state index contributed by atoms with van der Waals surface area (Å²) in [5.41, 5.74) is 0. The topological polar surface area (TPSA) is 70.6 Å². The average molecular weight is 318 g/mol. The number of amides is 1. The smallest absolute Gasteiger partial charge is 0.243 e. The highest BCUT2D eigenvalue weighted by molar-refractivity contribution is 7.89. The summed E-state index contributed by atoms with van der Waals surface area (Å²) in [6.45, 7) is 0.340. The third-order valence-corrected chi connectivity index (χ3v) is 5.35. The number of carbonyl (C=O) groups is 1. The van der Waals surface area contributed by atoms with Crippen LogP contribution in [0.1, 0.15) is 12.8 Å². The molecule has 1 unspecified atom stereocenters. The van der Waals surface area contributed by atoms with Crippen LogP contribution in [0.3, 0.4) is 0 Å². The molecule has 8 heteroatoms. The molecular weight excluding hydrogens is 302 g/mol. The number of pyridine rings is 1. The molecule has 1 fully saturated rings. The summed E-state index contributed by atoms with van der Waals surface area (Å²) in [4.78, 5) is 17.3. The Morgan fingerprint density at radius 3 is 2.80 bits per heavy atom. The first-order valence-corrected chi connectivity index (χ1v) is 8.00. The van der Waals surface area contributed by atoms with Crippen molar-refractivity contribution in [3.05, 3.63) is 23.5 Å². The second-order valence-electron chi connectivity index (χ2n) is 4.82. The minimum absolute atomic E-state index is 0.0657. The quantitative estimate of drug-likeness (QED) is 0.779. The maximum atomic E-state index is 12.6. The van der Waals surface area contributed by atoms with Crippen molar-refractivity contribution in [3.63, 3.8) is 0 Å². The van der Waals surface area contributed by atoms with E-state index >= 15 is 0 Å². The number of rotatable bonds is 3. The molecule has 0 aliphatic carbocycles. The standard InChI is InChI=1S/C12H16ClN3O3S/c1-15(2)12(17)10-4-3-7-16(10)20(18,19)9-5-6-14-11(13)8-9/h5-6,8,10H,3-4,7H2,1-2H3. The first-order chi connectivity index (χ1) is 9.34. The van der Waals surface area contributed by atoms with Crippen LogP contribution >= 0.6 is 11.6 Å². The van der Waals surface area contributed by atoms with Gasteiger partial charge in [-0.1, -0.05) is 11.6 Å². The summed E-state index contributed by atoms with van der Waals surface area (Å²) in [5.74, 6) is -0.203. The molecule has 1 atom stereocenters. The number of aromatic nitrogens is 1. The van der Waals surface area contributed by atoms with Crippen LogP contribution in [0.25, 0.3) is 0 Å². The molecule has 1 aromatic heterocycles. The van der Waals surface area contributed by atoms with Crippen LogP contribution in [0, 0.1) is 0 Å². The molecule has 6 nitrogen and oxygen atoms in total. The average Bonchev–Trinajstić information content (AvgIpc) is 2.87. The van der Waals surface area contributed by atoms with E-state index in [9.17, 15) is 13.2 Å². The van der Waals surface area contributed by atoms with E-state index in [1.807, 2.05) is 0 Å². The Bertz CT molecular complexity index is 618. The monoisotopic (exact) mass is 317 g/mol. The molecule has 0 bridgehead atoms. The van der Waals surface area contributed by atoms with E-state index in [-0.39, 0.29) is 16.0 Å². The van der Waals surface area contributed by atoms with Gasteiger partial charge in [-0.3, -0.25) is 4.79 Å². The molecule has 0 aromatic carbocycles. The van der Waals surface area contributed by atoms with Crippen LogP contribution in [0.4, 0.5) is 0 Å². The fraction of sp³-hybridized carbons (Fsp3) is 0.500. The number of hydrogen-bond acceptors (Lipinski definition) is 4. The minimum Gasteiger partial charge on any atom is -0.347 e. The van der Waals surface area contributed by atoms with Crippen LogP contribution in [-0.2, 0) is 14.8 Å². The highest BCUT2D eigenvalue weighted by Gasteiger charge is 2.40. The predicted octanol–water partition coefficient (Wildman–Crippen LogP) is 0.976. The molecule has 110 valence electrons. The number of carbonyl (C=O) groups excluding carboxylic acids is 1. The lowest BCUT2D eigenvalue weighted by Gasteiger charge is -2.25. The van der Waals surface area contributed by atoms with E-state index in [0.29, 0.717) is 19.4 Å². The van der Waals surface area contributed by atoms with E-state index in [2.05, 4.69) is 4.98 Å². The number of hydrogen-bond donors (Lipinski definition) is 0. The second kappa shape index (κ2) is 5.67. The van der Waals surface area contributed by atoms with Gasteiger partial charge in [-0.05, 0) is 25.0 Å². The van der Waals surface area contributed by atoms with Crippen molar-refractivity contribution >= 4 is 27.5 Å². The molecule has 1 saturated heterocycles. The number of nitrogens with zero attached hydrogens (tertiary/aromatic N) is 3. The van der Waals surface area contributed by atoms with Crippen LogP contribution in [0.2, 0.25) is 5.15 Å². The zero-order valence-corrected chi connectivity index (χ0v) is 12.9. The SMILES string of the molecule is CN(C)C(=O)C1CCCN1S(=O)(=O)c1ccnc(Cl)c1. The first-order valence-electron chi connectivity index (χ1n) is 6.18. The summed E-state index contributed by atoms with van der Waals surface area (Å²) in [6, 6.07) is 2.05. The lowest BCUT2D eigenvalue weighted by molar-refractivity contribution is -0.132. The van der Waals surface area contributed by atoms with Crippen LogP contribution < -0.4 is 0 Å². The lowest BCUT2D eigenvalue weighted by Crippen LogP contribution is -2.45. The van der Waals surface area contributed by atoms with Gasteiger partial charge in [0.25, 0.3) is 0 Å². The van der Waals surface area contributed by atoms with E-state index in [1.165, 1.54) is 27.5 Å². The van der Waals surface area contributed by atoms with Gasteiger partial charge in [0.05, 0.1) is 4.90 Å². The van der Waals surface area contributed by atoms with Crippen LogP contribution in [0.15, 0.2) is 23.2 Å². The fourth-order valence-corrected chi connectivity index (χ4v) is 4.16. The molecule has 1 aromatic rings. The highest BCUT2D eigenvalue weighted by Crippen LogP contribution is 2.27. The molecule has 0 N–H and O–H groups in total. The largest absolute Gasteiger partial charge is 0.347 e. The van der Waals surface area contributed by atoms with Gasteiger partial charge in [-0.15, -0.1) is 0 Å².